The predicted octanol–water partition coefficient (Wildman–Crippen LogP) is 5.67. The highest BCUT2D eigenvalue weighted by Gasteiger charge is 2.37. The second-order valence-electron chi connectivity index (χ2n) is 7.89. The van der Waals surface area contributed by atoms with Crippen molar-refractivity contribution in [1.29, 1.82) is 0 Å². The smallest absolute Gasteiger partial charge is 0.335 e. The summed E-state index contributed by atoms with van der Waals surface area (Å²) in [4.78, 5) is 39.1. The number of rotatable bonds is 10. The molecule has 0 saturated carbocycles. The summed E-state index contributed by atoms with van der Waals surface area (Å²) in [6.07, 6.45) is 5.80. The molecule has 34 heavy (non-hydrogen) atoms. The summed E-state index contributed by atoms with van der Waals surface area (Å²) >= 11 is 6.17. The maximum Gasteiger partial charge on any atom is 0.335 e. The number of amides is 4. The van der Waals surface area contributed by atoms with Crippen LogP contribution < -0.4 is 19.7 Å². The quantitative estimate of drug-likeness (QED) is 0.266. The van der Waals surface area contributed by atoms with Crippen LogP contribution in [0.3, 0.4) is 0 Å². The molecular weight excluding hydrogens is 456 g/mol. The minimum Gasteiger partial charge on any atom is -0.490 e. The summed E-state index contributed by atoms with van der Waals surface area (Å²) in [6.45, 7) is 6.74. The van der Waals surface area contributed by atoms with Gasteiger partial charge in [-0.05, 0) is 61.7 Å². The maximum absolute atomic E-state index is 13.2. The van der Waals surface area contributed by atoms with Crippen molar-refractivity contribution in [3.8, 4) is 11.5 Å². The van der Waals surface area contributed by atoms with Crippen molar-refractivity contribution >= 4 is 41.2 Å². The number of barbiturate groups is 1. The Labute approximate surface area is 204 Å². The number of carbonyl (C=O) groups excluding carboxylic acids is 3. The van der Waals surface area contributed by atoms with Gasteiger partial charge >= 0.3 is 6.03 Å². The fraction of sp³-hybridized carbons (Fsp3) is 0.346. The average molecular weight is 485 g/mol. The van der Waals surface area contributed by atoms with E-state index in [2.05, 4.69) is 12.2 Å². The van der Waals surface area contributed by atoms with Gasteiger partial charge in [-0.2, -0.15) is 0 Å². The monoisotopic (exact) mass is 484 g/mol. The number of nitrogens with one attached hydrogen (secondary N) is 1. The van der Waals surface area contributed by atoms with Gasteiger partial charge in [-0.3, -0.25) is 14.9 Å². The van der Waals surface area contributed by atoms with E-state index in [0.717, 1.165) is 24.2 Å². The molecule has 1 aliphatic rings. The van der Waals surface area contributed by atoms with Crippen molar-refractivity contribution in [2.75, 3.05) is 18.1 Å². The second-order valence-corrected chi connectivity index (χ2v) is 8.30. The van der Waals surface area contributed by atoms with Crippen LogP contribution in [0.15, 0.2) is 42.0 Å². The number of hydrogen-bond acceptors (Lipinski definition) is 5. The lowest BCUT2D eigenvalue weighted by atomic mass is 10.1. The third kappa shape index (κ3) is 5.78. The molecule has 0 spiro atoms. The van der Waals surface area contributed by atoms with Crippen molar-refractivity contribution < 1.29 is 23.9 Å². The van der Waals surface area contributed by atoms with Gasteiger partial charge in [0.05, 0.1) is 18.9 Å². The maximum atomic E-state index is 13.2. The Kier molecular flexibility index (Phi) is 8.71. The number of halogens is 1. The number of carbonyl (C=O) groups is 3. The Bertz CT molecular complexity index is 1110. The molecule has 0 bridgehead atoms. The first-order valence-corrected chi connectivity index (χ1v) is 11.8. The first-order chi connectivity index (χ1) is 16.4. The van der Waals surface area contributed by atoms with E-state index in [-0.39, 0.29) is 5.57 Å². The number of anilines is 1. The summed E-state index contributed by atoms with van der Waals surface area (Å²) in [7, 11) is 0. The number of benzene rings is 2. The van der Waals surface area contributed by atoms with Gasteiger partial charge in [-0.25, -0.2) is 9.69 Å². The molecule has 0 atom stereocenters. The SMILES string of the molecule is CCCCCCOc1ccc(/C=C2/C(=O)NC(=O)N(c3cccc(Cl)c3C)C2=O)cc1OCC. The van der Waals surface area contributed by atoms with E-state index in [4.69, 9.17) is 21.1 Å². The van der Waals surface area contributed by atoms with Crippen LogP contribution in [0.5, 0.6) is 11.5 Å². The number of unbranched alkanes of at least 4 members (excludes halogenated alkanes) is 3. The largest absolute Gasteiger partial charge is 0.490 e. The summed E-state index contributed by atoms with van der Waals surface area (Å²) < 4.78 is 11.6. The topological polar surface area (TPSA) is 84.9 Å². The van der Waals surface area contributed by atoms with Gasteiger partial charge in [0, 0.05) is 5.02 Å². The van der Waals surface area contributed by atoms with Crippen molar-refractivity contribution in [3.05, 3.63) is 58.1 Å². The first-order valence-electron chi connectivity index (χ1n) is 11.4. The van der Waals surface area contributed by atoms with Crippen LogP contribution in [0.2, 0.25) is 5.02 Å². The van der Waals surface area contributed by atoms with Crippen LogP contribution in [0, 0.1) is 6.92 Å². The van der Waals surface area contributed by atoms with Crippen molar-refractivity contribution in [1.82, 2.24) is 5.32 Å². The van der Waals surface area contributed by atoms with E-state index in [9.17, 15) is 14.4 Å². The molecule has 1 saturated heterocycles. The lowest BCUT2D eigenvalue weighted by Gasteiger charge is -2.27. The minimum atomic E-state index is -0.820. The Morgan fingerprint density at radius 2 is 1.79 bits per heavy atom. The molecule has 2 aromatic rings. The molecule has 7 nitrogen and oxygen atoms in total. The van der Waals surface area contributed by atoms with Crippen LogP contribution in [0.1, 0.15) is 50.7 Å². The zero-order valence-corrected chi connectivity index (χ0v) is 20.4. The van der Waals surface area contributed by atoms with Crippen LogP contribution in [0.4, 0.5) is 10.5 Å². The normalized spacial score (nSPS) is 15.0. The summed E-state index contributed by atoms with van der Waals surface area (Å²) in [5, 5.41) is 2.64. The average Bonchev–Trinajstić information content (AvgIpc) is 2.80. The van der Waals surface area contributed by atoms with Gasteiger partial charge < -0.3 is 9.47 Å². The van der Waals surface area contributed by atoms with Crippen molar-refractivity contribution in [3.63, 3.8) is 0 Å². The first kappa shape index (κ1) is 25.3. The lowest BCUT2D eigenvalue weighted by molar-refractivity contribution is -0.122. The van der Waals surface area contributed by atoms with Crippen molar-refractivity contribution in [2.45, 2.75) is 46.5 Å². The highest BCUT2D eigenvalue weighted by Crippen LogP contribution is 2.32. The summed E-state index contributed by atoms with van der Waals surface area (Å²) in [5.41, 5.74) is 1.27. The standard InChI is InChI=1S/C26H29ClN2O5/c1-4-6-7-8-14-34-22-13-12-18(16-23(22)33-5-2)15-19-24(30)28-26(32)29(25(19)31)21-11-9-10-20(27)17(21)3/h9-13,15-16H,4-8,14H2,1-3H3,(H,28,30,32)/b19-15-. The Balaban J connectivity index is 1.88. The Morgan fingerprint density at radius 3 is 2.53 bits per heavy atom. The molecule has 8 heteroatoms. The number of imide groups is 2. The molecule has 1 N–H and O–H groups in total. The Morgan fingerprint density at radius 1 is 1.00 bits per heavy atom. The fourth-order valence-electron chi connectivity index (χ4n) is 3.59. The van der Waals surface area contributed by atoms with Gasteiger partial charge in [-0.15, -0.1) is 0 Å². The van der Waals surface area contributed by atoms with Gasteiger partial charge in [-0.1, -0.05) is 49.9 Å². The van der Waals surface area contributed by atoms with Crippen LogP contribution in [0.25, 0.3) is 6.08 Å². The minimum absolute atomic E-state index is 0.172. The molecule has 0 aliphatic carbocycles. The van der Waals surface area contributed by atoms with E-state index >= 15 is 0 Å². The van der Waals surface area contributed by atoms with Crippen molar-refractivity contribution in [2.24, 2.45) is 0 Å². The Hall–Kier alpha value is -3.32. The predicted molar refractivity (Wildman–Crippen MR) is 132 cm³/mol. The number of ether oxygens (including phenoxy) is 2. The van der Waals surface area contributed by atoms with E-state index in [1.54, 1.807) is 43.3 Å². The molecular formula is C26H29ClN2O5. The summed E-state index contributed by atoms with van der Waals surface area (Å²) in [6, 6.07) is 9.29. The van der Waals surface area contributed by atoms with E-state index in [0.29, 0.717) is 46.5 Å². The lowest BCUT2D eigenvalue weighted by Crippen LogP contribution is -2.54. The van der Waals surface area contributed by atoms with Crippen LogP contribution in [-0.4, -0.2) is 31.1 Å². The van der Waals surface area contributed by atoms with Gasteiger partial charge in [0.2, 0.25) is 0 Å². The molecule has 3 rings (SSSR count). The van der Waals surface area contributed by atoms with Gasteiger partial charge in [0.15, 0.2) is 11.5 Å². The third-order valence-corrected chi connectivity index (χ3v) is 5.83. The highest BCUT2D eigenvalue weighted by molar-refractivity contribution is 6.39. The molecule has 0 unspecified atom stereocenters. The van der Waals surface area contributed by atoms with Crippen LogP contribution in [-0.2, 0) is 9.59 Å². The van der Waals surface area contributed by atoms with E-state index in [1.165, 1.54) is 12.5 Å². The molecule has 0 aromatic heterocycles. The van der Waals surface area contributed by atoms with E-state index < -0.39 is 17.8 Å². The molecule has 1 aliphatic heterocycles. The molecule has 1 fully saturated rings. The molecule has 1 heterocycles. The molecule has 180 valence electrons. The summed E-state index contributed by atoms with van der Waals surface area (Å²) in [5.74, 6) is -0.366. The number of urea groups is 1. The van der Waals surface area contributed by atoms with Gasteiger partial charge in [0.25, 0.3) is 11.8 Å². The van der Waals surface area contributed by atoms with Gasteiger partial charge in [0.1, 0.15) is 5.57 Å². The number of hydrogen-bond donors (Lipinski definition) is 1. The fourth-order valence-corrected chi connectivity index (χ4v) is 3.76. The zero-order chi connectivity index (χ0) is 24.7. The third-order valence-electron chi connectivity index (χ3n) is 5.42. The van der Waals surface area contributed by atoms with E-state index in [1.807, 2.05) is 6.92 Å². The van der Waals surface area contributed by atoms with Crippen LogP contribution >= 0.6 is 11.6 Å². The second kappa shape index (κ2) is 11.7. The zero-order valence-electron chi connectivity index (χ0n) is 19.7. The highest BCUT2D eigenvalue weighted by atomic mass is 35.5. The number of nitrogens with zero attached hydrogens (tertiary/aromatic N) is 1. The molecule has 0 radical (unpaired) electrons. The molecule has 2 aromatic carbocycles. The molecule has 4 amide bonds.